The van der Waals surface area contributed by atoms with Crippen molar-refractivity contribution in [3.05, 3.63) is 22.7 Å². The zero-order valence-corrected chi connectivity index (χ0v) is 10.5. The average molecular weight is 221 g/mol. The Morgan fingerprint density at radius 2 is 1.88 bits per heavy atom. The predicted octanol–water partition coefficient (Wildman–Crippen LogP) is 1.63. The van der Waals surface area contributed by atoms with Crippen LogP contribution in [0, 0.1) is 10.8 Å². The summed E-state index contributed by atoms with van der Waals surface area (Å²) in [6.45, 7) is 8.83. The molecule has 1 fully saturated rings. The second-order valence-corrected chi connectivity index (χ2v) is 5.71. The first kappa shape index (κ1) is 11.2. The number of rotatable bonds is 2. The number of hydrogen-bond acceptors (Lipinski definition) is 3. The zero-order chi connectivity index (χ0) is 12.1. The molecule has 1 heterocycles. The number of nitrogens with zero attached hydrogens (tertiary/aromatic N) is 2. The summed E-state index contributed by atoms with van der Waals surface area (Å²) in [5.74, 6) is 0.452. The molecule has 0 aromatic carbocycles. The van der Waals surface area contributed by atoms with E-state index in [0.717, 1.165) is 0 Å². The van der Waals surface area contributed by atoms with Gasteiger partial charge >= 0.3 is 0 Å². The third kappa shape index (κ3) is 1.36. The van der Waals surface area contributed by atoms with Crippen LogP contribution in [0.5, 0.6) is 0 Å². The van der Waals surface area contributed by atoms with Gasteiger partial charge < -0.3 is 9.88 Å². The number of nitrogens with one attached hydrogen (secondary N) is 1. The summed E-state index contributed by atoms with van der Waals surface area (Å²) in [7, 11) is 1.73. The van der Waals surface area contributed by atoms with E-state index in [1.807, 2.05) is 0 Å². The maximum Gasteiger partial charge on any atom is 0.293 e. The van der Waals surface area contributed by atoms with Gasteiger partial charge in [0.25, 0.3) is 5.56 Å². The van der Waals surface area contributed by atoms with Crippen LogP contribution < -0.4 is 10.9 Å². The molecule has 0 radical (unpaired) electrons. The van der Waals surface area contributed by atoms with Crippen LogP contribution in [0.4, 0.5) is 5.82 Å². The summed E-state index contributed by atoms with van der Waals surface area (Å²) in [5.41, 5.74) is 0.339. The lowest BCUT2D eigenvalue weighted by Gasteiger charge is -2.07. The number of hydrogen-bond donors (Lipinski definition) is 1. The highest BCUT2D eigenvalue weighted by molar-refractivity contribution is 5.39. The first-order valence-electron chi connectivity index (χ1n) is 5.56. The van der Waals surface area contributed by atoms with Crippen molar-refractivity contribution in [3.8, 4) is 0 Å². The molecule has 16 heavy (non-hydrogen) atoms. The van der Waals surface area contributed by atoms with E-state index in [-0.39, 0.29) is 16.4 Å². The molecule has 1 aromatic heterocycles. The average Bonchev–Trinajstić information content (AvgIpc) is 2.55. The number of anilines is 1. The van der Waals surface area contributed by atoms with Gasteiger partial charge in [0.1, 0.15) is 0 Å². The molecule has 1 saturated carbocycles. The molecule has 0 unspecified atom stereocenters. The fraction of sp³-hybridized carbons (Fsp3) is 0.667. The van der Waals surface area contributed by atoms with Crippen molar-refractivity contribution in [2.75, 3.05) is 5.32 Å². The second kappa shape index (κ2) is 3.09. The lowest BCUT2D eigenvalue weighted by atomic mass is 10.0. The third-order valence-electron chi connectivity index (χ3n) is 4.32. The normalized spacial score (nSPS) is 21.8. The molecule has 0 bridgehead atoms. The van der Waals surface area contributed by atoms with Gasteiger partial charge in [-0.25, -0.2) is 4.98 Å². The molecule has 0 spiro atoms. The van der Waals surface area contributed by atoms with Crippen LogP contribution in [0.15, 0.2) is 17.2 Å². The van der Waals surface area contributed by atoms with Crippen LogP contribution in [0.2, 0.25) is 0 Å². The monoisotopic (exact) mass is 221 g/mol. The van der Waals surface area contributed by atoms with E-state index in [1.54, 1.807) is 19.4 Å². The third-order valence-corrected chi connectivity index (χ3v) is 4.32. The highest BCUT2D eigenvalue weighted by Gasteiger charge is 2.65. The molecule has 1 aliphatic carbocycles. The Bertz CT molecular complexity index is 459. The van der Waals surface area contributed by atoms with Crippen molar-refractivity contribution in [1.29, 1.82) is 0 Å². The first-order chi connectivity index (χ1) is 7.28. The molecule has 0 aliphatic heterocycles. The van der Waals surface area contributed by atoms with Crippen LogP contribution in [0.1, 0.15) is 27.7 Å². The van der Waals surface area contributed by atoms with Crippen LogP contribution in [0.25, 0.3) is 0 Å². The second-order valence-electron chi connectivity index (χ2n) is 5.71. The molecule has 0 atom stereocenters. The van der Waals surface area contributed by atoms with E-state index in [2.05, 4.69) is 38.0 Å². The highest BCUT2D eigenvalue weighted by atomic mass is 16.1. The van der Waals surface area contributed by atoms with Gasteiger partial charge in [-0.2, -0.15) is 0 Å². The zero-order valence-electron chi connectivity index (χ0n) is 10.5. The highest BCUT2D eigenvalue weighted by Crippen LogP contribution is 2.63. The van der Waals surface area contributed by atoms with Gasteiger partial charge in [0.05, 0.1) is 0 Å². The van der Waals surface area contributed by atoms with E-state index in [0.29, 0.717) is 11.9 Å². The van der Waals surface area contributed by atoms with Crippen molar-refractivity contribution in [3.63, 3.8) is 0 Å². The maximum absolute atomic E-state index is 11.8. The smallest absolute Gasteiger partial charge is 0.293 e. The summed E-state index contributed by atoms with van der Waals surface area (Å²) in [6, 6.07) is 0.308. The fourth-order valence-electron chi connectivity index (χ4n) is 2.29. The van der Waals surface area contributed by atoms with Crippen molar-refractivity contribution < 1.29 is 0 Å². The van der Waals surface area contributed by atoms with Gasteiger partial charge in [-0.1, -0.05) is 27.7 Å². The Kier molecular flexibility index (Phi) is 2.16. The molecule has 88 valence electrons. The molecule has 4 nitrogen and oxygen atoms in total. The quantitative estimate of drug-likeness (QED) is 0.825. The minimum atomic E-state index is -0.0685. The largest absolute Gasteiger partial charge is 0.362 e. The summed E-state index contributed by atoms with van der Waals surface area (Å²) in [5, 5.41) is 3.26. The lowest BCUT2D eigenvalue weighted by Crippen LogP contribution is -2.24. The van der Waals surface area contributed by atoms with Gasteiger partial charge in [-0.15, -0.1) is 0 Å². The van der Waals surface area contributed by atoms with Crippen LogP contribution >= 0.6 is 0 Å². The van der Waals surface area contributed by atoms with Crippen LogP contribution in [-0.4, -0.2) is 15.6 Å². The van der Waals surface area contributed by atoms with E-state index >= 15 is 0 Å². The summed E-state index contributed by atoms with van der Waals surface area (Å²) in [4.78, 5) is 15.9. The fourth-order valence-corrected chi connectivity index (χ4v) is 2.29. The van der Waals surface area contributed by atoms with E-state index in [9.17, 15) is 4.79 Å². The SMILES string of the molecule is Cn1ccnc(NC2C(C)(C)C2(C)C)c1=O. The van der Waals surface area contributed by atoms with E-state index < -0.39 is 0 Å². The summed E-state index contributed by atoms with van der Waals surface area (Å²) in [6.07, 6.45) is 3.31. The summed E-state index contributed by atoms with van der Waals surface area (Å²) < 4.78 is 1.54. The molecule has 4 heteroatoms. The Morgan fingerprint density at radius 1 is 1.31 bits per heavy atom. The van der Waals surface area contributed by atoms with Crippen molar-refractivity contribution in [2.24, 2.45) is 17.9 Å². The topological polar surface area (TPSA) is 46.9 Å². The van der Waals surface area contributed by atoms with Crippen LogP contribution in [-0.2, 0) is 7.05 Å². The van der Waals surface area contributed by atoms with Gasteiger partial charge in [-0.3, -0.25) is 4.79 Å². The van der Waals surface area contributed by atoms with Gasteiger partial charge in [0, 0.05) is 25.5 Å². The molecule has 2 rings (SSSR count). The lowest BCUT2D eigenvalue weighted by molar-refractivity contribution is 0.457. The molecule has 1 aliphatic rings. The van der Waals surface area contributed by atoms with Crippen molar-refractivity contribution in [1.82, 2.24) is 9.55 Å². The van der Waals surface area contributed by atoms with Crippen LogP contribution in [0.3, 0.4) is 0 Å². The first-order valence-corrected chi connectivity index (χ1v) is 5.56. The van der Waals surface area contributed by atoms with E-state index in [4.69, 9.17) is 0 Å². The maximum atomic E-state index is 11.8. The molecule has 1 N–H and O–H groups in total. The molecule has 1 aromatic rings. The number of aromatic nitrogens is 2. The Balaban J connectivity index is 2.25. The van der Waals surface area contributed by atoms with E-state index in [1.165, 1.54) is 4.57 Å². The Labute approximate surface area is 95.7 Å². The standard InChI is InChI=1S/C12H19N3O/c1-11(2)10(12(11,3)4)14-8-9(16)15(5)7-6-13-8/h6-7,10H,1-5H3,(H,13,14). The minimum Gasteiger partial charge on any atom is -0.362 e. The number of aryl methyl sites for hydroxylation is 1. The predicted molar refractivity (Wildman–Crippen MR) is 64.5 cm³/mol. The molecule has 0 saturated heterocycles. The van der Waals surface area contributed by atoms with Gasteiger partial charge in [-0.05, 0) is 10.8 Å². The van der Waals surface area contributed by atoms with Gasteiger partial charge in [0.2, 0.25) is 0 Å². The van der Waals surface area contributed by atoms with Crippen molar-refractivity contribution >= 4 is 5.82 Å². The molecular weight excluding hydrogens is 202 g/mol. The molecule has 0 amide bonds. The Hall–Kier alpha value is -1.32. The minimum absolute atomic E-state index is 0.0685. The molecular formula is C12H19N3O. The summed E-state index contributed by atoms with van der Waals surface area (Å²) >= 11 is 0. The van der Waals surface area contributed by atoms with Gasteiger partial charge in [0.15, 0.2) is 5.82 Å². The van der Waals surface area contributed by atoms with Crippen molar-refractivity contribution in [2.45, 2.75) is 33.7 Å². The Morgan fingerprint density at radius 3 is 2.38 bits per heavy atom.